The second-order valence-electron chi connectivity index (χ2n) is 9.08. The highest BCUT2D eigenvalue weighted by molar-refractivity contribution is 5.94. The Morgan fingerprint density at radius 2 is 1.97 bits per heavy atom. The fraction of sp³-hybridized carbons (Fsp3) is 0.276. The molecule has 3 rings (SSSR count). The predicted molar refractivity (Wildman–Crippen MR) is 135 cm³/mol. The SMILES string of the molecule is C#C/C=C(\C=C/N)C(Cc1cccc(-c2cc(C(C)C)cc3cccnc23)c1)C(C)(C)O. The number of pyridine rings is 1. The zero-order valence-electron chi connectivity index (χ0n) is 19.3. The van der Waals surface area contributed by atoms with Crippen LogP contribution < -0.4 is 5.73 Å². The van der Waals surface area contributed by atoms with Crippen LogP contribution in [0.5, 0.6) is 0 Å². The molecule has 0 aliphatic rings. The number of hydrogen-bond acceptors (Lipinski definition) is 3. The van der Waals surface area contributed by atoms with Gasteiger partial charge in [0.15, 0.2) is 0 Å². The normalized spacial score (nSPS) is 13.6. The summed E-state index contributed by atoms with van der Waals surface area (Å²) in [4.78, 5) is 4.67. The van der Waals surface area contributed by atoms with Gasteiger partial charge in [-0.25, -0.2) is 0 Å². The number of rotatable bonds is 7. The number of aliphatic hydroxyl groups is 1. The van der Waals surface area contributed by atoms with Crippen molar-refractivity contribution < 1.29 is 5.11 Å². The molecule has 0 saturated heterocycles. The lowest BCUT2D eigenvalue weighted by atomic mass is 9.79. The topological polar surface area (TPSA) is 59.1 Å². The van der Waals surface area contributed by atoms with E-state index in [-0.39, 0.29) is 5.92 Å². The van der Waals surface area contributed by atoms with Crippen LogP contribution in [0.15, 0.2) is 78.7 Å². The molecule has 3 heteroatoms. The third-order valence-electron chi connectivity index (χ3n) is 5.87. The summed E-state index contributed by atoms with van der Waals surface area (Å²) in [5.74, 6) is 2.79. The van der Waals surface area contributed by atoms with Gasteiger partial charge in [0.05, 0.1) is 11.1 Å². The van der Waals surface area contributed by atoms with Gasteiger partial charge in [0.2, 0.25) is 0 Å². The van der Waals surface area contributed by atoms with Crippen LogP contribution in [0.4, 0.5) is 0 Å². The van der Waals surface area contributed by atoms with Crippen molar-refractivity contribution in [1.29, 1.82) is 0 Å². The number of hydrogen-bond donors (Lipinski definition) is 2. The highest BCUT2D eigenvalue weighted by Gasteiger charge is 2.29. The molecule has 0 spiro atoms. The molecule has 3 N–H and O–H groups in total. The Balaban J connectivity index is 2.09. The largest absolute Gasteiger partial charge is 0.405 e. The van der Waals surface area contributed by atoms with E-state index in [4.69, 9.17) is 12.2 Å². The molecule has 1 unspecified atom stereocenters. The van der Waals surface area contributed by atoms with Crippen LogP contribution in [0.1, 0.15) is 44.7 Å². The number of aromatic nitrogens is 1. The van der Waals surface area contributed by atoms with Crippen molar-refractivity contribution >= 4 is 10.9 Å². The zero-order chi connectivity index (χ0) is 23.3. The molecule has 1 atom stereocenters. The Hall–Kier alpha value is -3.35. The van der Waals surface area contributed by atoms with Crippen molar-refractivity contribution in [3.8, 4) is 23.5 Å². The summed E-state index contributed by atoms with van der Waals surface area (Å²) in [6.07, 6.45) is 12.9. The summed E-state index contributed by atoms with van der Waals surface area (Å²) >= 11 is 0. The van der Waals surface area contributed by atoms with Crippen LogP contribution >= 0.6 is 0 Å². The van der Waals surface area contributed by atoms with Gasteiger partial charge < -0.3 is 10.8 Å². The molecular formula is C29H32N2O. The van der Waals surface area contributed by atoms with E-state index in [1.165, 1.54) is 11.8 Å². The first-order valence-electron chi connectivity index (χ1n) is 11.0. The standard InChI is InChI=1S/C29H32N2O/c1-6-9-22(13-14-30)27(29(4,5)32)17-21-10-7-11-23(16-21)26-19-25(20(2)3)18-24-12-8-15-31-28(24)26/h1,7-16,18-20,27,32H,17,30H2,2-5H3/b14-13-,22-9+. The van der Waals surface area contributed by atoms with Gasteiger partial charge in [-0.15, -0.1) is 6.42 Å². The predicted octanol–water partition coefficient (Wildman–Crippen LogP) is 5.99. The highest BCUT2D eigenvalue weighted by atomic mass is 16.3. The van der Waals surface area contributed by atoms with Gasteiger partial charge in [-0.05, 0) is 85.0 Å². The third-order valence-corrected chi connectivity index (χ3v) is 5.87. The van der Waals surface area contributed by atoms with E-state index in [2.05, 4.69) is 67.2 Å². The van der Waals surface area contributed by atoms with Crippen LogP contribution in [0, 0.1) is 18.3 Å². The number of allylic oxidation sites excluding steroid dienone is 2. The van der Waals surface area contributed by atoms with Crippen LogP contribution in [-0.2, 0) is 6.42 Å². The van der Waals surface area contributed by atoms with E-state index in [9.17, 15) is 5.11 Å². The molecular weight excluding hydrogens is 392 g/mol. The Labute approximate surface area is 191 Å². The zero-order valence-corrected chi connectivity index (χ0v) is 19.3. The highest BCUT2D eigenvalue weighted by Crippen LogP contribution is 2.34. The van der Waals surface area contributed by atoms with Crippen molar-refractivity contribution in [2.24, 2.45) is 11.7 Å². The average Bonchev–Trinajstić information content (AvgIpc) is 2.76. The summed E-state index contributed by atoms with van der Waals surface area (Å²) in [5, 5.41) is 12.0. The first kappa shape index (κ1) is 23.3. The number of fused-ring (bicyclic) bond motifs is 1. The van der Waals surface area contributed by atoms with E-state index < -0.39 is 5.60 Å². The Morgan fingerprint density at radius 1 is 1.19 bits per heavy atom. The fourth-order valence-electron chi connectivity index (χ4n) is 4.12. The van der Waals surface area contributed by atoms with Crippen molar-refractivity contribution in [1.82, 2.24) is 4.98 Å². The van der Waals surface area contributed by atoms with E-state index in [1.54, 1.807) is 26.0 Å². The maximum Gasteiger partial charge on any atom is 0.0780 e. The lowest BCUT2D eigenvalue weighted by Crippen LogP contribution is -2.33. The Kier molecular flexibility index (Phi) is 7.18. The van der Waals surface area contributed by atoms with Crippen molar-refractivity contribution in [2.75, 3.05) is 0 Å². The smallest absolute Gasteiger partial charge is 0.0780 e. The van der Waals surface area contributed by atoms with Crippen LogP contribution in [0.3, 0.4) is 0 Å². The molecule has 1 aromatic heterocycles. The summed E-state index contributed by atoms with van der Waals surface area (Å²) < 4.78 is 0. The molecule has 0 aliphatic carbocycles. The van der Waals surface area contributed by atoms with E-state index in [0.29, 0.717) is 12.3 Å². The van der Waals surface area contributed by atoms with Crippen molar-refractivity contribution in [3.63, 3.8) is 0 Å². The second-order valence-corrected chi connectivity index (χ2v) is 9.08. The maximum atomic E-state index is 10.9. The molecule has 0 fully saturated rings. The maximum absolute atomic E-state index is 10.9. The number of benzene rings is 2. The molecule has 32 heavy (non-hydrogen) atoms. The second kappa shape index (κ2) is 9.85. The van der Waals surface area contributed by atoms with Gasteiger partial charge in [0.1, 0.15) is 0 Å². The summed E-state index contributed by atoms with van der Waals surface area (Å²) in [5.41, 5.74) is 11.1. The average molecular weight is 425 g/mol. The molecule has 0 amide bonds. The first-order chi connectivity index (χ1) is 15.2. The van der Waals surface area contributed by atoms with Gasteiger partial charge in [0, 0.05) is 23.1 Å². The van der Waals surface area contributed by atoms with Crippen LogP contribution in [0.25, 0.3) is 22.0 Å². The number of nitrogens with zero attached hydrogens (tertiary/aromatic N) is 1. The fourth-order valence-corrected chi connectivity index (χ4v) is 4.12. The molecule has 3 nitrogen and oxygen atoms in total. The minimum atomic E-state index is -0.968. The minimum absolute atomic E-state index is 0.203. The molecule has 0 radical (unpaired) electrons. The monoisotopic (exact) mass is 424 g/mol. The van der Waals surface area contributed by atoms with Crippen molar-refractivity contribution in [2.45, 2.75) is 45.6 Å². The third kappa shape index (κ3) is 5.28. The van der Waals surface area contributed by atoms with E-state index in [0.717, 1.165) is 33.2 Å². The van der Waals surface area contributed by atoms with E-state index >= 15 is 0 Å². The summed E-state index contributed by atoms with van der Waals surface area (Å²) in [6.45, 7) is 8.02. The van der Waals surface area contributed by atoms with Crippen molar-refractivity contribution in [3.05, 3.63) is 89.8 Å². The van der Waals surface area contributed by atoms with E-state index in [1.807, 2.05) is 12.3 Å². The lowest BCUT2D eigenvalue weighted by Gasteiger charge is -2.30. The first-order valence-corrected chi connectivity index (χ1v) is 11.0. The van der Waals surface area contributed by atoms with Gasteiger partial charge in [0.25, 0.3) is 0 Å². The van der Waals surface area contributed by atoms with Gasteiger partial charge in [-0.3, -0.25) is 4.98 Å². The molecule has 0 bridgehead atoms. The molecule has 164 valence electrons. The summed E-state index contributed by atoms with van der Waals surface area (Å²) in [6, 6.07) is 17.0. The molecule has 1 heterocycles. The molecule has 0 saturated carbocycles. The Bertz CT molecular complexity index is 1190. The van der Waals surface area contributed by atoms with Gasteiger partial charge >= 0.3 is 0 Å². The number of terminal acetylenes is 1. The molecule has 2 aromatic carbocycles. The van der Waals surface area contributed by atoms with Crippen LogP contribution in [0.2, 0.25) is 0 Å². The number of nitrogens with two attached hydrogens (primary N) is 1. The lowest BCUT2D eigenvalue weighted by molar-refractivity contribution is 0.0338. The van der Waals surface area contributed by atoms with Gasteiger partial charge in [-0.2, -0.15) is 0 Å². The molecule has 0 aliphatic heterocycles. The van der Waals surface area contributed by atoms with Crippen LogP contribution in [-0.4, -0.2) is 15.7 Å². The molecule has 3 aromatic rings. The quantitative estimate of drug-likeness (QED) is 0.362. The van der Waals surface area contributed by atoms with Gasteiger partial charge in [-0.1, -0.05) is 50.1 Å². The minimum Gasteiger partial charge on any atom is -0.405 e. The Morgan fingerprint density at radius 3 is 2.62 bits per heavy atom. The summed E-state index contributed by atoms with van der Waals surface area (Å²) in [7, 11) is 0.